The Morgan fingerprint density at radius 3 is 2.48 bits per heavy atom. The normalized spacial score (nSPS) is 10.5. The topological polar surface area (TPSA) is 65.5 Å². The van der Waals surface area contributed by atoms with Gasteiger partial charge in [-0.25, -0.2) is 9.78 Å². The first-order chi connectivity index (χ1) is 13.0. The molecule has 0 spiro atoms. The van der Waals surface area contributed by atoms with Crippen LogP contribution in [-0.4, -0.2) is 30.5 Å². The van der Waals surface area contributed by atoms with Crippen molar-refractivity contribution in [3.63, 3.8) is 0 Å². The molecule has 0 atom stereocenters. The highest BCUT2D eigenvalue weighted by molar-refractivity contribution is 7.13. The largest absolute Gasteiger partial charge is 0.497 e. The van der Waals surface area contributed by atoms with E-state index in [0.717, 1.165) is 22.4 Å². The van der Waals surface area contributed by atoms with E-state index in [4.69, 9.17) is 9.47 Å². The number of carbonyl (C=O) groups excluding carboxylic acids is 2. The summed E-state index contributed by atoms with van der Waals surface area (Å²) in [6.45, 7) is 3.52. The third-order valence-electron chi connectivity index (χ3n) is 4.07. The first-order valence-electron chi connectivity index (χ1n) is 8.35. The van der Waals surface area contributed by atoms with Gasteiger partial charge in [0.1, 0.15) is 10.8 Å². The van der Waals surface area contributed by atoms with Crippen LogP contribution in [0.1, 0.15) is 32.0 Å². The number of ketones is 1. The van der Waals surface area contributed by atoms with Gasteiger partial charge in [0.15, 0.2) is 12.3 Å². The summed E-state index contributed by atoms with van der Waals surface area (Å²) < 4.78 is 10.3. The second-order valence-electron chi connectivity index (χ2n) is 6.08. The zero-order valence-electron chi connectivity index (χ0n) is 15.3. The minimum Gasteiger partial charge on any atom is -0.497 e. The van der Waals surface area contributed by atoms with E-state index >= 15 is 0 Å². The number of esters is 1. The van der Waals surface area contributed by atoms with Crippen LogP contribution < -0.4 is 4.74 Å². The van der Waals surface area contributed by atoms with Crippen molar-refractivity contribution >= 4 is 23.1 Å². The molecule has 0 aliphatic carbocycles. The minimum atomic E-state index is -0.607. The lowest BCUT2D eigenvalue weighted by atomic mass is 10.0. The summed E-state index contributed by atoms with van der Waals surface area (Å²) in [7, 11) is 1.60. The number of thiazole rings is 1. The fourth-order valence-electron chi connectivity index (χ4n) is 2.64. The van der Waals surface area contributed by atoms with E-state index in [2.05, 4.69) is 4.98 Å². The van der Waals surface area contributed by atoms with Crippen LogP contribution in [-0.2, 0) is 4.74 Å². The monoisotopic (exact) mass is 381 g/mol. The highest BCUT2D eigenvalue weighted by atomic mass is 32.1. The van der Waals surface area contributed by atoms with E-state index in [0.29, 0.717) is 10.6 Å². The van der Waals surface area contributed by atoms with Gasteiger partial charge in [-0.15, -0.1) is 11.3 Å². The van der Waals surface area contributed by atoms with Crippen LogP contribution in [0.2, 0.25) is 0 Å². The minimum absolute atomic E-state index is 0.194. The Balaban J connectivity index is 1.64. The van der Waals surface area contributed by atoms with Crippen molar-refractivity contribution in [3.05, 3.63) is 70.2 Å². The molecule has 0 fully saturated rings. The van der Waals surface area contributed by atoms with Gasteiger partial charge in [-0.1, -0.05) is 23.8 Å². The molecule has 0 aliphatic rings. The number of benzene rings is 2. The van der Waals surface area contributed by atoms with Crippen molar-refractivity contribution in [2.24, 2.45) is 0 Å². The second kappa shape index (κ2) is 8.14. The predicted molar refractivity (Wildman–Crippen MR) is 105 cm³/mol. The number of aryl methyl sites for hydroxylation is 2. The number of nitrogens with zero attached hydrogens (tertiary/aromatic N) is 1. The molecule has 3 rings (SSSR count). The molecule has 0 N–H and O–H groups in total. The average molecular weight is 381 g/mol. The van der Waals surface area contributed by atoms with Gasteiger partial charge in [0, 0.05) is 16.5 Å². The van der Waals surface area contributed by atoms with E-state index in [9.17, 15) is 9.59 Å². The molecule has 0 unspecified atom stereocenters. The van der Waals surface area contributed by atoms with Gasteiger partial charge in [0.25, 0.3) is 0 Å². The quantitative estimate of drug-likeness (QED) is 0.465. The van der Waals surface area contributed by atoms with Crippen LogP contribution in [0.5, 0.6) is 5.75 Å². The fraction of sp³-hybridized carbons (Fsp3) is 0.190. The smallest absolute Gasteiger partial charge is 0.358 e. The summed E-state index contributed by atoms with van der Waals surface area (Å²) in [5, 5.41) is 2.33. The van der Waals surface area contributed by atoms with Gasteiger partial charge in [-0.2, -0.15) is 0 Å². The number of hydrogen-bond donors (Lipinski definition) is 0. The lowest BCUT2D eigenvalue weighted by molar-refractivity contribution is 0.0469. The number of aromatic nitrogens is 1. The molecule has 0 saturated heterocycles. The Hall–Kier alpha value is -2.99. The molecule has 0 radical (unpaired) electrons. The average Bonchev–Trinajstić information content (AvgIpc) is 3.16. The SMILES string of the molecule is COc1ccc(-c2nc(C(=O)OCC(=O)c3ccc(C)cc3C)cs2)cc1. The van der Waals surface area contributed by atoms with Crippen molar-refractivity contribution in [1.29, 1.82) is 0 Å². The van der Waals surface area contributed by atoms with Gasteiger partial charge in [0.2, 0.25) is 5.78 Å². The Morgan fingerprint density at radius 1 is 1.07 bits per heavy atom. The van der Waals surface area contributed by atoms with Crippen molar-refractivity contribution < 1.29 is 19.1 Å². The third kappa shape index (κ3) is 4.41. The zero-order valence-corrected chi connectivity index (χ0v) is 16.1. The molecule has 0 aliphatic heterocycles. The van der Waals surface area contributed by atoms with Gasteiger partial charge in [-0.3, -0.25) is 4.79 Å². The molecule has 1 aromatic heterocycles. The van der Waals surface area contributed by atoms with Crippen LogP contribution in [0, 0.1) is 13.8 Å². The number of ether oxygens (including phenoxy) is 2. The fourth-order valence-corrected chi connectivity index (χ4v) is 3.44. The highest BCUT2D eigenvalue weighted by Gasteiger charge is 2.16. The summed E-state index contributed by atoms with van der Waals surface area (Å²) in [5.41, 5.74) is 3.58. The standard InChI is InChI=1S/C21H19NO4S/c1-13-4-9-17(14(2)10-13)19(23)11-26-21(24)18-12-27-20(22-18)15-5-7-16(25-3)8-6-15/h4-10,12H,11H2,1-3H3. The number of Topliss-reactive ketones (excluding diaryl/α,β-unsaturated/α-hetero) is 1. The number of hydrogen-bond acceptors (Lipinski definition) is 6. The summed E-state index contributed by atoms with van der Waals surface area (Å²) in [5.74, 6) is -0.0876. The van der Waals surface area contributed by atoms with Gasteiger partial charge in [0.05, 0.1) is 7.11 Å². The van der Waals surface area contributed by atoms with E-state index in [-0.39, 0.29) is 18.1 Å². The highest BCUT2D eigenvalue weighted by Crippen LogP contribution is 2.26. The third-order valence-corrected chi connectivity index (χ3v) is 4.96. The lowest BCUT2D eigenvalue weighted by Gasteiger charge is -2.06. The maximum absolute atomic E-state index is 12.3. The molecule has 0 amide bonds. The first kappa shape index (κ1) is 18.8. The molecular weight excluding hydrogens is 362 g/mol. The van der Waals surface area contributed by atoms with Crippen LogP contribution in [0.15, 0.2) is 47.8 Å². The van der Waals surface area contributed by atoms with Gasteiger partial charge < -0.3 is 9.47 Å². The van der Waals surface area contributed by atoms with E-state index < -0.39 is 5.97 Å². The number of methoxy groups -OCH3 is 1. The molecular formula is C21H19NO4S. The summed E-state index contributed by atoms with van der Waals surface area (Å²) in [6.07, 6.45) is 0. The Kier molecular flexibility index (Phi) is 5.66. The maximum atomic E-state index is 12.3. The summed E-state index contributed by atoms with van der Waals surface area (Å²) in [6, 6.07) is 13.0. The van der Waals surface area contributed by atoms with Crippen molar-refractivity contribution in [2.75, 3.05) is 13.7 Å². The Morgan fingerprint density at radius 2 is 1.81 bits per heavy atom. The predicted octanol–water partition coefficient (Wildman–Crippen LogP) is 4.48. The molecule has 2 aromatic carbocycles. The second-order valence-corrected chi connectivity index (χ2v) is 6.94. The molecule has 27 heavy (non-hydrogen) atoms. The molecule has 0 saturated carbocycles. The summed E-state index contributed by atoms with van der Waals surface area (Å²) in [4.78, 5) is 28.8. The molecule has 5 nitrogen and oxygen atoms in total. The van der Waals surface area contributed by atoms with Gasteiger partial charge >= 0.3 is 5.97 Å². The van der Waals surface area contributed by atoms with Crippen LogP contribution in [0.3, 0.4) is 0 Å². The van der Waals surface area contributed by atoms with E-state index in [1.165, 1.54) is 11.3 Å². The molecule has 0 bridgehead atoms. The molecule has 6 heteroatoms. The first-order valence-corrected chi connectivity index (χ1v) is 9.23. The van der Waals surface area contributed by atoms with E-state index in [1.54, 1.807) is 18.6 Å². The molecule has 3 aromatic rings. The molecule has 138 valence electrons. The van der Waals surface area contributed by atoms with E-state index in [1.807, 2.05) is 50.2 Å². The Bertz CT molecular complexity index is 976. The Labute approximate surface area is 161 Å². The lowest BCUT2D eigenvalue weighted by Crippen LogP contribution is -2.15. The van der Waals surface area contributed by atoms with Gasteiger partial charge in [-0.05, 0) is 43.7 Å². The maximum Gasteiger partial charge on any atom is 0.358 e. The number of carbonyl (C=O) groups is 2. The summed E-state index contributed by atoms with van der Waals surface area (Å²) >= 11 is 1.34. The van der Waals surface area contributed by atoms with Crippen LogP contribution in [0.25, 0.3) is 10.6 Å². The van der Waals surface area contributed by atoms with Crippen LogP contribution >= 0.6 is 11.3 Å². The number of rotatable bonds is 6. The van der Waals surface area contributed by atoms with Crippen molar-refractivity contribution in [3.8, 4) is 16.3 Å². The van der Waals surface area contributed by atoms with Crippen molar-refractivity contribution in [2.45, 2.75) is 13.8 Å². The van der Waals surface area contributed by atoms with Crippen LogP contribution in [0.4, 0.5) is 0 Å². The van der Waals surface area contributed by atoms with Crippen molar-refractivity contribution in [1.82, 2.24) is 4.98 Å². The molecule has 1 heterocycles. The zero-order chi connectivity index (χ0) is 19.4.